The van der Waals surface area contributed by atoms with Gasteiger partial charge in [-0.2, -0.15) is 4.98 Å². The lowest BCUT2D eigenvalue weighted by atomic mass is 10.2. The topological polar surface area (TPSA) is 79.3 Å². The van der Waals surface area contributed by atoms with E-state index in [1.807, 2.05) is 36.4 Å². The second-order valence-corrected chi connectivity index (χ2v) is 7.61. The number of benzene rings is 2. The first-order valence-electron chi connectivity index (χ1n) is 10.7. The van der Waals surface area contributed by atoms with E-state index in [1.54, 1.807) is 19.5 Å². The van der Waals surface area contributed by atoms with Crippen LogP contribution in [0.2, 0.25) is 0 Å². The van der Waals surface area contributed by atoms with E-state index in [4.69, 9.17) is 14.7 Å². The standard InChI is InChI=1S/C24H25N7O/c1-32-19-9-7-18(8-10-19)17-27-22-20-5-2-3-6-21(20)28-24(29-22)31-15-13-30(14-16-31)23-25-11-4-12-26-23/h2-12H,13-17H2,1H3,(H,27,28,29). The van der Waals surface area contributed by atoms with Crippen molar-refractivity contribution in [2.45, 2.75) is 6.54 Å². The second-order valence-electron chi connectivity index (χ2n) is 7.61. The summed E-state index contributed by atoms with van der Waals surface area (Å²) in [7, 11) is 1.68. The van der Waals surface area contributed by atoms with Gasteiger partial charge in [-0.25, -0.2) is 15.0 Å². The van der Waals surface area contributed by atoms with Crippen LogP contribution in [0.5, 0.6) is 5.75 Å². The molecule has 0 saturated carbocycles. The smallest absolute Gasteiger partial charge is 0.228 e. The van der Waals surface area contributed by atoms with Gasteiger partial charge in [-0.05, 0) is 35.9 Å². The van der Waals surface area contributed by atoms with E-state index in [2.05, 4.69) is 43.3 Å². The van der Waals surface area contributed by atoms with Crippen LogP contribution in [0.25, 0.3) is 10.9 Å². The highest BCUT2D eigenvalue weighted by Gasteiger charge is 2.21. The van der Waals surface area contributed by atoms with Crippen LogP contribution in [-0.4, -0.2) is 53.2 Å². The highest BCUT2D eigenvalue weighted by Crippen LogP contribution is 2.25. The molecule has 0 bridgehead atoms. The average Bonchev–Trinajstić information content (AvgIpc) is 2.88. The molecule has 0 amide bonds. The van der Waals surface area contributed by atoms with Gasteiger partial charge in [0.25, 0.3) is 0 Å². The second kappa shape index (κ2) is 9.05. The van der Waals surface area contributed by atoms with Crippen molar-refractivity contribution >= 4 is 28.6 Å². The molecule has 0 radical (unpaired) electrons. The summed E-state index contributed by atoms with van der Waals surface area (Å²) in [5.41, 5.74) is 2.09. The van der Waals surface area contributed by atoms with Crippen LogP contribution >= 0.6 is 0 Å². The van der Waals surface area contributed by atoms with Gasteiger partial charge < -0.3 is 19.9 Å². The van der Waals surface area contributed by atoms with Crippen LogP contribution in [0.3, 0.4) is 0 Å². The van der Waals surface area contributed by atoms with Crippen LogP contribution in [0, 0.1) is 0 Å². The molecule has 2 aromatic heterocycles. The quantitative estimate of drug-likeness (QED) is 0.502. The number of para-hydroxylation sites is 1. The zero-order valence-electron chi connectivity index (χ0n) is 18.0. The van der Waals surface area contributed by atoms with Gasteiger partial charge in [0.1, 0.15) is 11.6 Å². The van der Waals surface area contributed by atoms with Crippen LogP contribution in [0.15, 0.2) is 67.0 Å². The number of methoxy groups -OCH3 is 1. The summed E-state index contributed by atoms with van der Waals surface area (Å²) in [5.74, 6) is 3.21. The van der Waals surface area contributed by atoms with Gasteiger partial charge in [0.2, 0.25) is 11.9 Å². The van der Waals surface area contributed by atoms with E-state index < -0.39 is 0 Å². The lowest BCUT2D eigenvalue weighted by Crippen LogP contribution is -2.47. The van der Waals surface area contributed by atoms with Crippen molar-refractivity contribution in [2.75, 3.05) is 48.4 Å². The molecule has 0 atom stereocenters. The molecule has 1 saturated heterocycles. The fraction of sp³-hybridized carbons (Fsp3) is 0.250. The first kappa shape index (κ1) is 20.0. The average molecular weight is 428 g/mol. The maximum absolute atomic E-state index is 5.25. The first-order valence-corrected chi connectivity index (χ1v) is 10.7. The first-order chi connectivity index (χ1) is 15.8. The van der Waals surface area contributed by atoms with Crippen LogP contribution in [0.4, 0.5) is 17.7 Å². The fourth-order valence-electron chi connectivity index (χ4n) is 3.83. The molecule has 162 valence electrons. The van der Waals surface area contributed by atoms with E-state index in [-0.39, 0.29) is 0 Å². The lowest BCUT2D eigenvalue weighted by Gasteiger charge is -2.34. The highest BCUT2D eigenvalue weighted by atomic mass is 16.5. The monoisotopic (exact) mass is 427 g/mol. The minimum Gasteiger partial charge on any atom is -0.497 e. The van der Waals surface area contributed by atoms with Gasteiger partial charge in [0, 0.05) is 50.5 Å². The Balaban J connectivity index is 1.35. The Bertz CT molecular complexity index is 1180. The maximum Gasteiger partial charge on any atom is 0.228 e. The Morgan fingerprint density at radius 2 is 1.50 bits per heavy atom. The van der Waals surface area contributed by atoms with Crippen molar-refractivity contribution in [3.63, 3.8) is 0 Å². The number of piperazine rings is 1. The summed E-state index contributed by atoms with van der Waals surface area (Å²) < 4.78 is 5.25. The van der Waals surface area contributed by atoms with Crippen molar-refractivity contribution in [3.05, 3.63) is 72.6 Å². The number of rotatable bonds is 6. The minimum atomic E-state index is 0.670. The SMILES string of the molecule is COc1ccc(CNc2nc(N3CCN(c4ncccn4)CC3)nc3ccccc23)cc1. The number of nitrogens with zero attached hydrogens (tertiary/aromatic N) is 6. The molecule has 8 nitrogen and oxygen atoms in total. The molecule has 4 aromatic rings. The lowest BCUT2D eigenvalue weighted by molar-refractivity contribution is 0.414. The summed E-state index contributed by atoms with van der Waals surface area (Å²) in [6.45, 7) is 3.95. The van der Waals surface area contributed by atoms with E-state index in [0.29, 0.717) is 6.54 Å². The largest absolute Gasteiger partial charge is 0.497 e. The Kier molecular flexibility index (Phi) is 5.65. The Morgan fingerprint density at radius 3 is 2.22 bits per heavy atom. The van der Waals surface area contributed by atoms with Crippen LogP contribution in [0.1, 0.15) is 5.56 Å². The van der Waals surface area contributed by atoms with Crippen molar-refractivity contribution in [2.24, 2.45) is 0 Å². The maximum atomic E-state index is 5.25. The minimum absolute atomic E-state index is 0.670. The predicted molar refractivity (Wildman–Crippen MR) is 126 cm³/mol. The number of anilines is 3. The number of aromatic nitrogens is 4. The third kappa shape index (κ3) is 4.25. The number of ether oxygens (including phenoxy) is 1. The molecule has 0 unspecified atom stereocenters. The van der Waals surface area contributed by atoms with Crippen molar-refractivity contribution < 1.29 is 4.74 Å². The van der Waals surface area contributed by atoms with Crippen molar-refractivity contribution in [3.8, 4) is 5.75 Å². The number of hydrogen-bond acceptors (Lipinski definition) is 8. The van der Waals surface area contributed by atoms with Gasteiger partial charge in [-0.1, -0.05) is 24.3 Å². The summed E-state index contributed by atoms with van der Waals surface area (Å²) in [6.07, 6.45) is 3.56. The van der Waals surface area contributed by atoms with Gasteiger partial charge in [0.05, 0.1) is 12.6 Å². The third-order valence-corrected chi connectivity index (χ3v) is 5.61. The van der Waals surface area contributed by atoms with E-state index in [1.165, 1.54) is 0 Å². The van der Waals surface area contributed by atoms with E-state index in [0.717, 1.165) is 66.1 Å². The number of fused-ring (bicyclic) bond motifs is 1. The summed E-state index contributed by atoms with van der Waals surface area (Å²) >= 11 is 0. The molecule has 1 fully saturated rings. The van der Waals surface area contributed by atoms with Crippen molar-refractivity contribution in [1.29, 1.82) is 0 Å². The van der Waals surface area contributed by atoms with Crippen molar-refractivity contribution in [1.82, 2.24) is 19.9 Å². The molecule has 0 aliphatic carbocycles. The van der Waals surface area contributed by atoms with Gasteiger partial charge in [-0.3, -0.25) is 0 Å². The molecule has 32 heavy (non-hydrogen) atoms. The zero-order valence-corrected chi connectivity index (χ0v) is 18.0. The molecule has 2 aromatic carbocycles. The molecule has 1 N–H and O–H groups in total. The fourth-order valence-corrected chi connectivity index (χ4v) is 3.83. The van der Waals surface area contributed by atoms with E-state index >= 15 is 0 Å². The number of hydrogen-bond donors (Lipinski definition) is 1. The molecule has 3 heterocycles. The Morgan fingerprint density at radius 1 is 0.812 bits per heavy atom. The van der Waals surface area contributed by atoms with Gasteiger partial charge >= 0.3 is 0 Å². The Hall–Kier alpha value is -3.94. The Labute approximate surface area is 186 Å². The molecule has 5 rings (SSSR count). The van der Waals surface area contributed by atoms with Gasteiger partial charge in [-0.15, -0.1) is 0 Å². The molecular weight excluding hydrogens is 402 g/mol. The molecular formula is C24H25N7O. The third-order valence-electron chi connectivity index (χ3n) is 5.61. The van der Waals surface area contributed by atoms with Crippen LogP contribution < -0.4 is 19.9 Å². The van der Waals surface area contributed by atoms with Crippen LogP contribution in [-0.2, 0) is 6.54 Å². The summed E-state index contributed by atoms with van der Waals surface area (Å²) in [4.78, 5) is 22.9. The van der Waals surface area contributed by atoms with Gasteiger partial charge in [0.15, 0.2) is 0 Å². The highest BCUT2D eigenvalue weighted by molar-refractivity contribution is 5.90. The molecule has 8 heteroatoms. The number of nitrogens with one attached hydrogen (secondary N) is 1. The van der Waals surface area contributed by atoms with E-state index in [9.17, 15) is 0 Å². The summed E-state index contributed by atoms with van der Waals surface area (Å²) in [5, 5.41) is 4.52. The zero-order chi connectivity index (χ0) is 21.8. The normalized spacial score (nSPS) is 13.9. The predicted octanol–water partition coefficient (Wildman–Crippen LogP) is 3.37. The molecule has 1 aliphatic heterocycles. The summed E-state index contributed by atoms with van der Waals surface area (Å²) in [6, 6.07) is 18.0. The molecule has 1 aliphatic rings. The molecule has 0 spiro atoms.